The Morgan fingerprint density at radius 3 is 1.97 bits per heavy atom. The molecule has 2 saturated heterocycles. The first-order valence-electron chi connectivity index (χ1n) is 11.1. The SMILES string of the molecule is O=C(CC(c1ccccc1)c1ccccc1)N1CCN(CC2CCNCC2)CC1. The fraction of sp³-hybridized carbons (Fsp3) is 0.480. The molecular formula is C25H33N3O. The van der Waals surface area contributed by atoms with E-state index in [1.54, 1.807) is 0 Å². The summed E-state index contributed by atoms with van der Waals surface area (Å²) in [5.41, 5.74) is 2.44. The van der Waals surface area contributed by atoms with Crippen LogP contribution in [0, 0.1) is 5.92 Å². The minimum Gasteiger partial charge on any atom is -0.340 e. The lowest BCUT2D eigenvalue weighted by Crippen LogP contribution is -2.50. The van der Waals surface area contributed by atoms with E-state index < -0.39 is 0 Å². The molecule has 4 heteroatoms. The molecule has 0 radical (unpaired) electrons. The number of piperidine rings is 1. The van der Waals surface area contributed by atoms with Gasteiger partial charge in [-0.05, 0) is 43.0 Å². The largest absolute Gasteiger partial charge is 0.340 e. The first kappa shape index (κ1) is 20.1. The molecule has 0 saturated carbocycles. The normalized spacial score (nSPS) is 18.9. The molecule has 2 aliphatic rings. The van der Waals surface area contributed by atoms with Crippen LogP contribution in [0.3, 0.4) is 0 Å². The van der Waals surface area contributed by atoms with Crippen molar-refractivity contribution < 1.29 is 4.79 Å². The predicted octanol–water partition coefficient (Wildman–Crippen LogP) is 3.35. The van der Waals surface area contributed by atoms with Gasteiger partial charge in [-0.3, -0.25) is 9.69 Å². The molecule has 2 aromatic rings. The van der Waals surface area contributed by atoms with Crippen molar-refractivity contribution >= 4 is 5.91 Å². The summed E-state index contributed by atoms with van der Waals surface area (Å²) in [7, 11) is 0. The van der Waals surface area contributed by atoms with Gasteiger partial charge in [-0.1, -0.05) is 60.7 Å². The molecule has 2 fully saturated rings. The average molecular weight is 392 g/mol. The smallest absolute Gasteiger partial charge is 0.223 e. The van der Waals surface area contributed by atoms with Gasteiger partial charge in [0.05, 0.1) is 0 Å². The lowest BCUT2D eigenvalue weighted by molar-refractivity contribution is -0.133. The zero-order chi connectivity index (χ0) is 19.9. The van der Waals surface area contributed by atoms with Crippen molar-refractivity contribution in [3.63, 3.8) is 0 Å². The number of nitrogens with zero attached hydrogens (tertiary/aromatic N) is 2. The van der Waals surface area contributed by atoms with Crippen molar-refractivity contribution in [2.45, 2.75) is 25.2 Å². The highest BCUT2D eigenvalue weighted by atomic mass is 16.2. The fourth-order valence-electron chi connectivity index (χ4n) is 4.71. The van der Waals surface area contributed by atoms with Gasteiger partial charge >= 0.3 is 0 Å². The van der Waals surface area contributed by atoms with Crippen LogP contribution in [0.25, 0.3) is 0 Å². The summed E-state index contributed by atoms with van der Waals surface area (Å²) < 4.78 is 0. The number of hydrogen-bond acceptors (Lipinski definition) is 3. The summed E-state index contributed by atoms with van der Waals surface area (Å²) in [6.07, 6.45) is 3.12. The Labute approximate surface area is 174 Å². The minimum absolute atomic E-state index is 0.123. The second-order valence-electron chi connectivity index (χ2n) is 8.45. The lowest BCUT2D eigenvalue weighted by atomic mass is 9.88. The molecule has 154 valence electrons. The minimum atomic E-state index is 0.123. The van der Waals surface area contributed by atoms with E-state index in [9.17, 15) is 4.79 Å². The summed E-state index contributed by atoms with van der Waals surface area (Å²) in [5, 5.41) is 3.45. The monoisotopic (exact) mass is 391 g/mol. The molecule has 29 heavy (non-hydrogen) atoms. The Morgan fingerprint density at radius 1 is 0.862 bits per heavy atom. The summed E-state index contributed by atoms with van der Waals surface area (Å²) >= 11 is 0. The molecule has 2 aromatic carbocycles. The topological polar surface area (TPSA) is 35.6 Å². The molecule has 2 heterocycles. The summed E-state index contributed by atoms with van der Waals surface area (Å²) in [6, 6.07) is 20.9. The van der Waals surface area contributed by atoms with Crippen molar-refractivity contribution in [1.82, 2.24) is 15.1 Å². The van der Waals surface area contributed by atoms with Gasteiger partial charge in [0.1, 0.15) is 0 Å². The van der Waals surface area contributed by atoms with Crippen LogP contribution in [-0.2, 0) is 4.79 Å². The number of piperazine rings is 1. The van der Waals surface area contributed by atoms with Crippen LogP contribution in [0.5, 0.6) is 0 Å². The van der Waals surface area contributed by atoms with E-state index >= 15 is 0 Å². The predicted molar refractivity (Wildman–Crippen MR) is 118 cm³/mol. The Hall–Kier alpha value is -2.17. The summed E-state index contributed by atoms with van der Waals surface area (Å²) in [4.78, 5) is 17.8. The molecule has 2 aliphatic heterocycles. The van der Waals surface area contributed by atoms with E-state index in [1.165, 1.54) is 30.5 Å². The van der Waals surface area contributed by atoms with Gasteiger partial charge in [0.2, 0.25) is 5.91 Å². The van der Waals surface area contributed by atoms with Gasteiger partial charge in [-0.25, -0.2) is 0 Å². The Bertz CT molecular complexity index is 711. The molecule has 0 atom stereocenters. The van der Waals surface area contributed by atoms with Crippen molar-refractivity contribution in [3.05, 3.63) is 71.8 Å². The van der Waals surface area contributed by atoms with E-state index in [-0.39, 0.29) is 11.8 Å². The molecule has 0 spiro atoms. The highest BCUT2D eigenvalue weighted by Gasteiger charge is 2.26. The molecule has 0 aromatic heterocycles. The fourth-order valence-corrected chi connectivity index (χ4v) is 4.71. The van der Waals surface area contributed by atoms with Gasteiger partial charge in [0.25, 0.3) is 0 Å². The third kappa shape index (κ3) is 5.46. The van der Waals surface area contributed by atoms with Crippen molar-refractivity contribution in [2.75, 3.05) is 45.8 Å². The second-order valence-corrected chi connectivity index (χ2v) is 8.45. The third-order valence-electron chi connectivity index (χ3n) is 6.48. The van der Waals surface area contributed by atoms with E-state index in [0.29, 0.717) is 6.42 Å². The second kappa shape index (κ2) is 10.0. The highest BCUT2D eigenvalue weighted by Crippen LogP contribution is 2.29. The van der Waals surface area contributed by atoms with E-state index in [0.717, 1.165) is 45.2 Å². The van der Waals surface area contributed by atoms with Crippen LogP contribution < -0.4 is 5.32 Å². The Balaban J connectivity index is 1.35. The Morgan fingerprint density at radius 2 is 1.41 bits per heavy atom. The van der Waals surface area contributed by atoms with Crippen LogP contribution >= 0.6 is 0 Å². The van der Waals surface area contributed by atoms with Crippen LogP contribution in [-0.4, -0.2) is 61.5 Å². The third-order valence-corrected chi connectivity index (χ3v) is 6.48. The molecule has 0 unspecified atom stereocenters. The summed E-state index contributed by atoms with van der Waals surface area (Å²) in [5.74, 6) is 1.22. The summed E-state index contributed by atoms with van der Waals surface area (Å²) in [6.45, 7) is 7.25. The molecule has 1 amide bonds. The molecule has 0 bridgehead atoms. The van der Waals surface area contributed by atoms with E-state index in [2.05, 4.69) is 63.6 Å². The number of hydrogen-bond donors (Lipinski definition) is 1. The highest BCUT2D eigenvalue weighted by molar-refractivity contribution is 5.78. The zero-order valence-electron chi connectivity index (χ0n) is 17.3. The van der Waals surface area contributed by atoms with Gasteiger partial charge in [0, 0.05) is 45.1 Å². The van der Waals surface area contributed by atoms with Crippen molar-refractivity contribution in [2.24, 2.45) is 5.92 Å². The maximum absolute atomic E-state index is 13.2. The first-order chi connectivity index (χ1) is 14.3. The molecular weight excluding hydrogens is 358 g/mol. The molecule has 4 nitrogen and oxygen atoms in total. The quantitative estimate of drug-likeness (QED) is 0.820. The number of amides is 1. The number of benzene rings is 2. The van der Waals surface area contributed by atoms with Crippen molar-refractivity contribution in [1.29, 1.82) is 0 Å². The van der Waals surface area contributed by atoms with Crippen molar-refractivity contribution in [3.8, 4) is 0 Å². The number of carbonyl (C=O) groups excluding carboxylic acids is 1. The number of rotatable bonds is 6. The molecule has 0 aliphatic carbocycles. The van der Waals surface area contributed by atoms with Gasteiger partial charge in [-0.2, -0.15) is 0 Å². The lowest BCUT2D eigenvalue weighted by Gasteiger charge is -2.37. The standard InChI is InChI=1S/C25H33N3O/c29-25(28-17-15-27(16-18-28)20-21-11-13-26-14-12-21)19-24(22-7-3-1-4-8-22)23-9-5-2-6-10-23/h1-10,21,24,26H,11-20H2. The number of nitrogens with one attached hydrogen (secondary N) is 1. The molecule has 4 rings (SSSR count). The van der Waals surface area contributed by atoms with Crippen LogP contribution in [0.1, 0.15) is 36.3 Å². The van der Waals surface area contributed by atoms with Crippen LogP contribution in [0.2, 0.25) is 0 Å². The Kier molecular flexibility index (Phi) is 6.96. The molecule has 1 N–H and O–H groups in total. The van der Waals surface area contributed by atoms with Gasteiger partial charge in [-0.15, -0.1) is 0 Å². The zero-order valence-corrected chi connectivity index (χ0v) is 17.3. The van der Waals surface area contributed by atoms with Gasteiger partial charge in [0.15, 0.2) is 0 Å². The average Bonchev–Trinajstić information content (AvgIpc) is 2.80. The van der Waals surface area contributed by atoms with E-state index in [1.807, 2.05) is 12.1 Å². The number of carbonyl (C=O) groups is 1. The van der Waals surface area contributed by atoms with E-state index in [4.69, 9.17) is 0 Å². The van der Waals surface area contributed by atoms with Gasteiger partial charge < -0.3 is 10.2 Å². The maximum Gasteiger partial charge on any atom is 0.223 e. The van der Waals surface area contributed by atoms with Crippen LogP contribution in [0.15, 0.2) is 60.7 Å². The first-order valence-corrected chi connectivity index (χ1v) is 11.1. The van der Waals surface area contributed by atoms with Crippen LogP contribution in [0.4, 0.5) is 0 Å². The maximum atomic E-state index is 13.2.